The SMILES string of the molecule is CC(C)Cn1ccnc1-c1ccc(N)cc1. The Hall–Kier alpha value is -1.77. The largest absolute Gasteiger partial charge is 0.399 e. The highest BCUT2D eigenvalue weighted by molar-refractivity contribution is 5.59. The molecule has 0 unspecified atom stereocenters. The molecule has 0 radical (unpaired) electrons. The first-order valence-corrected chi connectivity index (χ1v) is 5.54. The lowest BCUT2D eigenvalue weighted by atomic mass is 10.2. The summed E-state index contributed by atoms with van der Waals surface area (Å²) in [5.41, 5.74) is 7.57. The van der Waals surface area contributed by atoms with Gasteiger partial charge in [0, 0.05) is 30.2 Å². The summed E-state index contributed by atoms with van der Waals surface area (Å²) in [6.45, 7) is 5.39. The van der Waals surface area contributed by atoms with Crippen LogP contribution in [-0.2, 0) is 6.54 Å². The molecule has 2 aromatic rings. The monoisotopic (exact) mass is 215 g/mol. The van der Waals surface area contributed by atoms with E-state index >= 15 is 0 Å². The summed E-state index contributed by atoms with van der Waals surface area (Å²) in [5.74, 6) is 1.62. The van der Waals surface area contributed by atoms with Gasteiger partial charge in [0.15, 0.2) is 0 Å². The van der Waals surface area contributed by atoms with Gasteiger partial charge in [-0.3, -0.25) is 0 Å². The maximum atomic E-state index is 5.67. The number of anilines is 1. The number of nitrogen functional groups attached to an aromatic ring is 1. The van der Waals surface area contributed by atoms with Gasteiger partial charge in [0.25, 0.3) is 0 Å². The third-order valence-electron chi connectivity index (χ3n) is 2.45. The summed E-state index contributed by atoms with van der Waals surface area (Å²) in [7, 11) is 0. The molecule has 84 valence electrons. The molecule has 3 nitrogen and oxygen atoms in total. The van der Waals surface area contributed by atoms with E-state index in [1.54, 1.807) is 0 Å². The third kappa shape index (κ3) is 2.24. The molecule has 1 aromatic heterocycles. The normalized spacial score (nSPS) is 10.9. The second kappa shape index (κ2) is 4.39. The van der Waals surface area contributed by atoms with Crippen molar-refractivity contribution < 1.29 is 0 Å². The Balaban J connectivity index is 2.33. The van der Waals surface area contributed by atoms with Crippen LogP contribution in [0.4, 0.5) is 5.69 Å². The van der Waals surface area contributed by atoms with Gasteiger partial charge in [-0.05, 0) is 30.2 Å². The minimum Gasteiger partial charge on any atom is -0.399 e. The first-order chi connectivity index (χ1) is 7.66. The second-order valence-corrected chi connectivity index (χ2v) is 4.42. The lowest BCUT2D eigenvalue weighted by molar-refractivity contribution is 0.527. The summed E-state index contributed by atoms with van der Waals surface area (Å²) in [6.07, 6.45) is 3.86. The van der Waals surface area contributed by atoms with Crippen molar-refractivity contribution in [1.29, 1.82) is 0 Å². The van der Waals surface area contributed by atoms with E-state index in [0.29, 0.717) is 5.92 Å². The molecule has 0 aliphatic carbocycles. The standard InChI is InChI=1S/C13H17N3/c1-10(2)9-16-8-7-15-13(16)11-3-5-12(14)6-4-11/h3-8,10H,9,14H2,1-2H3. The number of hydrogen-bond donors (Lipinski definition) is 1. The van der Waals surface area contributed by atoms with E-state index in [1.807, 2.05) is 36.7 Å². The van der Waals surface area contributed by atoms with E-state index in [-0.39, 0.29) is 0 Å². The van der Waals surface area contributed by atoms with Gasteiger partial charge < -0.3 is 10.3 Å². The lowest BCUT2D eigenvalue weighted by Gasteiger charge is -2.10. The van der Waals surface area contributed by atoms with Crippen LogP contribution in [0.25, 0.3) is 11.4 Å². The molecule has 2 rings (SSSR count). The van der Waals surface area contributed by atoms with E-state index in [9.17, 15) is 0 Å². The second-order valence-electron chi connectivity index (χ2n) is 4.42. The molecule has 16 heavy (non-hydrogen) atoms. The van der Waals surface area contributed by atoms with Gasteiger partial charge in [-0.1, -0.05) is 13.8 Å². The van der Waals surface area contributed by atoms with Crippen LogP contribution in [0.2, 0.25) is 0 Å². The van der Waals surface area contributed by atoms with Gasteiger partial charge in [0.05, 0.1) is 0 Å². The van der Waals surface area contributed by atoms with Crippen molar-refractivity contribution in [3.63, 3.8) is 0 Å². The van der Waals surface area contributed by atoms with Crippen LogP contribution >= 0.6 is 0 Å². The Morgan fingerprint density at radius 3 is 2.56 bits per heavy atom. The minimum atomic E-state index is 0.613. The number of aromatic nitrogens is 2. The van der Waals surface area contributed by atoms with Crippen molar-refractivity contribution in [2.24, 2.45) is 5.92 Å². The molecule has 0 saturated heterocycles. The van der Waals surface area contributed by atoms with Crippen molar-refractivity contribution in [3.8, 4) is 11.4 Å². The number of hydrogen-bond acceptors (Lipinski definition) is 2. The van der Waals surface area contributed by atoms with Crippen LogP contribution in [0.1, 0.15) is 13.8 Å². The van der Waals surface area contributed by atoms with Crippen LogP contribution < -0.4 is 5.73 Å². The minimum absolute atomic E-state index is 0.613. The highest BCUT2D eigenvalue weighted by Gasteiger charge is 2.06. The molecule has 0 aliphatic heterocycles. The lowest BCUT2D eigenvalue weighted by Crippen LogP contribution is -2.05. The van der Waals surface area contributed by atoms with Crippen molar-refractivity contribution in [2.75, 3.05) is 5.73 Å². The molecule has 0 amide bonds. The maximum absolute atomic E-state index is 5.67. The van der Waals surface area contributed by atoms with Crippen molar-refractivity contribution >= 4 is 5.69 Å². The molecule has 0 fully saturated rings. The summed E-state index contributed by atoms with van der Waals surface area (Å²) >= 11 is 0. The quantitative estimate of drug-likeness (QED) is 0.800. The van der Waals surface area contributed by atoms with Gasteiger partial charge in [0.2, 0.25) is 0 Å². The number of rotatable bonds is 3. The first kappa shape index (κ1) is 10.7. The molecule has 0 spiro atoms. The predicted molar refractivity (Wildman–Crippen MR) is 66.9 cm³/mol. The number of nitrogens with two attached hydrogens (primary N) is 1. The van der Waals surface area contributed by atoms with Gasteiger partial charge in [-0.2, -0.15) is 0 Å². The average Bonchev–Trinajstić information content (AvgIpc) is 2.66. The van der Waals surface area contributed by atoms with Crippen LogP contribution in [0, 0.1) is 5.92 Å². The summed E-state index contributed by atoms with van der Waals surface area (Å²) in [5, 5.41) is 0. The molecule has 0 aliphatic rings. The summed E-state index contributed by atoms with van der Waals surface area (Å²) in [6, 6.07) is 7.83. The van der Waals surface area contributed by atoms with E-state index in [1.165, 1.54) is 0 Å². The third-order valence-corrected chi connectivity index (χ3v) is 2.45. The van der Waals surface area contributed by atoms with E-state index in [2.05, 4.69) is 23.4 Å². The number of benzene rings is 1. The van der Waals surface area contributed by atoms with E-state index < -0.39 is 0 Å². The van der Waals surface area contributed by atoms with Gasteiger partial charge in [0.1, 0.15) is 5.82 Å². The van der Waals surface area contributed by atoms with Crippen molar-refractivity contribution in [2.45, 2.75) is 20.4 Å². The molecule has 3 heteroatoms. The van der Waals surface area contributed by atoms with Crippen LogP contribution in [0.3, 0.4) is 0 Å². The number of nitrogens with zero attached hydrogens (tertiary/aromatic N) is 2. The molecule has 2 N–H and O–H groups in total. The maximum Gasteiger partial charge on any atom is 0.139 e. The summed E-state index contributed by atoms with van der Waals surface area (Å²) < 4.78 is 2.18. The van der Waals surface area contributed by atoms with Crippen LogP contribution in [0.15, 0.2) is 36.7 Å². The zero-order chi connectivity index (χ0) is 11.5. The Morgan fingerprint density at radius 1 is 1.25 bits per heavy atom. The van der Waals surface area contributed by atoms with Gasteiger partial charge >= 0.3 is 0 Å². The molecule has 0 saturated carbocycles. The topological polar surface area (TPSA) is 43.8 Å². The average molecular weight is 215 g/mol. The Bertz CT molecular complexity index is 454. The Kier molecular flexibility index (Phi) is 2.95. The molecule has 1 heterocycles. The fourth-order valence-corrected chi connectivity index (χ4v) is 1.74. The Labute approximate surface area is 95.9 Å². The van der Waals surface area contributed by atoms with Gasteiger partial charge in [-0.15, -0.1) is 0 Å². The zero-order valence-electron chi connectivity index (χ0n) is 9.72. The first-order valence-electron chi connectivity index (χ1n) is 5.54. The smallest absolute Gasteiger partial charge is 0.139 e. The van der Waals surface area contributed by atoms with Crippen LogP contribution in [0.5, 0.6) is 0 Å². The fourth-order valence-electron chi connectivity index (χ4n) is 1.74. The zero-order valence-corrected chi connectivity index (χ0v) is 9.72. The predicted octanol–water partition coefficient (Wildman–Crippen LogP) is 2.79. The fraction of sp³-hybridized carbons (Fsp3) is 0.308. The highest BCUT2D eigenvalue weighted by atomic mass is 15.1. The molecule has 0 bridgehead atoms. The molecular weight excluding hydrogens is 198 g/mol. The highest BCUT2D eigenvalue weighted by Crippen LogP contribution is 2.19. The molecular formula is C13H17N3. The van der Waals surface area contributed by atoms with Crippen molar-refractivity contribution in [3.05, 3.63) is 36.7 Å². The van der Waals surface area contributed by atoms with Crippen LogP contribution in [-0.4, -0.2) is 9.55 Å². The number of imidazole rings is 1. The van der Waals surface area contributed by atoms with Gasteiger partial charge in [-0.25, -0.2) is 4.98 Å². The van der Waals surface area contributed by atoms with Crippen molar-refractivity contribution in [1.82, 2.24) is 9.55 Å². The molecule has 0 atom stereocenters. The molecule has 1 aromatic carbocycles. The van der Waals surface area contributed by atoms with E-state index in [4.69, 9.17) is 5.73 Å². The Morgan fingerprint density at radius 2 is 1.94 bits per heavy atom. The summed E-state index contributed by atoms with van der Waals surface area (Å²) in [4.78, 5) is 4.39. The van der Waals surface area contributed by atoms with E-state index in [0.717, 1.165) is 23.6 Å².